The van der Waals surface area contributed by atoms with Crippen molar-refractivity contribution in [1.29, 1.82) is 0 Å². The number of ether oxygens (including phenoxy) is 1. The van der Waals surface area contributed by atoms with Gasteiger partial charge in [-0.2, -0.15) is 0 Å². The van der Waals surface area contributed by atoms with Crippen molar-refractivity contribution in [2.75, 3.05) is 19.4 Å². The third-order valence-corrected chi connectivity index (χ3v) is 5.55. The summed E-state index contributed by atoms with van der Waals surface area (Å²) in [5.41, 5.74) is 11.7. The van der Waals surface area contributed by atoms with Crippen LogP contribution in [0.3, 0.4) is 0 Å². The van der Waals surface area contributed by atoms with E-state index in [1.165, 1.54) is 7.11 Å². The normalized spacial score (nSPS) is 14.5. The topological polar surface area (TPSA) is 128 Å². The summed E-state index contributed by atoms with van der Waals surface area (Å²) in [6.07, 6.45) is 2.54. The van der Waals surface area contributed by atoms with Gasteiger partial charge in [-0.1, -0.05) is 31.9 Å². The van der Waals surface area contributed by atoms with Crippen LogP contribution in [0.4, 0.5) is 5.69 Å². The molecule has 134 valence electrons. The fraction of sp³-hybridized carbons (Fsp3) is 0.500. The maximum Gasteiger partial charge on any atom is 0.313 e. The van der Waals surface area contributed by atoms with Crippen molar-refractivity contribution < 1.29 is 19.0 Å². The van der Waals surface area contributed by atoms with Crippen molar-refractivity contribution in [1.82, 2.24) is 0 Å². The van der Waals surface area contributed by atoms with E-state index < -0.39 is 19.3 Å². The average Bonchev–Trinajstić information content (AvgIpc) is 2.51. The molecule has 0 aliphatic rings. The van der Waals surface area contributed by atoms with Crippen molar-refractivity contribution in [3.8, 4) is 0 Å². The molecule has 0 aliphatic carbocycles. The summed E-state index contributed by atoms with van der Waals surface area (Å²) in [5, 5.41) is 0. The Hall–Kier alpha value is -1.85. The van der Waals surface area contributed by atoms with E-state index in [0.29, 0.717) is 17.7 Å². The van der Waals surface area contributed by atoms with Gasteiger partial charge in [-0.15, -0.1) is 0 Å². The molecule has 2 unspecified atom stereocenters. The highest BCUT2D eigenvalue weighted by Gasteiger charge is 2.30. The van der Waals surface area contributed by atoms with Gasteiger partial charge in [0.15, 0.2) is 5.96 Å². The molecule has 5 N–H and O–H groups in total. The smallest absolute Gasteiger partial charge is 0.313 e. The van der Waals surface area contributed by atoms with E-state index in [9.17, 15) is 14.3 Å². The van der Waals surface area contributed by atoms with Crippen LogP contribution in [-0.4, -0.2) is 36.3 Å². The molecule has 0 saturated carbocycles. The Balaban J connectivity index is 3.04. The third-order valence-electron chi connectivity index (χ3n) is 3.60. The summed E-state index contributed by atoms with van der Waals surface area (Å²) in [7, 11) is -2.18. The molecular formula is C16H26N3O4P. The van der Waals surface area contributed by atoms with Gasteiger partial charge in [0.05, 0.1) is 18.7 Å². The second-order valence-electron chi connectivity index (χ2n) is 5.67. The summed E-state index contributed by atoms with van der Waals surface area (Å²) >= 11 is 0. The van der Waals surface area contributed by atoms with Crippen LogP contribution in [0.15, 0.2) is 29.3 Å². The molecule has 1 rings (SSSR count). The van der Waals surface area contributed by atoms with Gasteiger partial charge in [-0.25, -0.2) is 4.99 Å². The van der Waals surface area contributed by atoms with Crippen LogP contribution in [0.5, 0.6) is 0 Å². The molecule has 0 aromatic heterocycles. The number of guanidine groups is 1. The number of rotatable bonds is 9. The van der Waals surface area contributed by atoms with Crippen LogP contribution in [-0.2, 0) is 14.1 Å². The molecule has 0 amide bonds. The summed E-state index contributed by atoms with van der Waals surface area (Å²) < 4.78 is 17.2. The Morgan fingerprint density at radius 1 is 1.38 bits per heavy atom. The fourth-order valence-corrected chi connectivity index (χ4v) is 4.23. The monoisotopic (exact) mass is 355 g/mol. The standard InChI is InChI=1S/C16H26N3O4P/c1-3-4-5-9-24(21,22)11-14(15(20)23-2)12-7-6-8-13(10-12)19-16(17)18/h6-8,10,14H,3-5,9,11H2,1-2H3,(H,21,22)(H4,17,18,19). The van der Waals surface area contributed by atoms with Gasteiger partial charge in [0.2, 0.25) is 7.37 Å². The molecule has 0 fully saturated rings. The summed E-state index contributed by atoms with van der Waals surface area (Å²) in [5.74, 6) is -1.49. The number of benzene rings is 1. The number of nitrogens with two attached hydrogens (primary N) is 2. The van der Waals surface area contributed by atoms with E-state index in [2.05, 4.69) is 4.99 Å². The second-order valence-corrected chi connectivity index (χ2v) is 8.17. The lowest BCUT2D eigenvalue weighted by Crippen LogP contribution is -2.22. The van der Waals surface area contributed by atoms with Gasteiger partial charge in [0, 0.05) is 12.3 Å². The molecule has 2 atom stereocenters. The van der Waals surface area contributed by atoms with Crippen molar-refractivity contribution in [3.63, 3.8) is 0 Å². The zero-order chi connectivity index (χ0) is 18.2. The van der Waals surface area contributed by atoms with E-state index in [4.69, 9.17) is 16.2 Å². The van der Waals surface area contributed by atoms with Crippen LogP contribution in [0.2, 0.25) is 0 Å². The van der Waals surface area contributed by atoms with Crippen molar-refractivity contribution in [3.05, 3.63) is 29.8 Å². The lowest BCUT2D eigenvalue weighted by molar-refractivity contribution is -0.141. The zero-order valence-electron chi connectivity index (χ0n) is 14.1. The van der Waals surface area contributed by atoms with Gasteiger partial charge in [0.1, 0.15) is 0 Å². The molecule has 0 radical (unpaired) electrons. The van der Waals surface area contributed by atoms with Gasteiger partial charge in [0.25, 0.3) is 0 Å². The number of unbranched alkanes of at least 4 members (excludes halogenated alkanes) is 2. The largest absolute Gasteiger partial charge is 0.469 e. The van der Waals surface area contributed by atoms with Gasteiger partial charge >= 0.3 is 5.97 Å². The van der Waals surface area contributed by atoms with E-state index in [1.54, 1.807) is 24.3 Å². The third kappa shape index (κ3) is 6.72. The fourth-order valence-electron chi connectivity index (χ4n) is 2.40. The minimum Gasteiger partial charge on any atom is -0.469 e. The highest BCUT2D eigenvalue weighted by atomic mass is 31.2. The molecule has 0 aliphatic heterocycles. The van der Waals surface area contributed by atoms with Gasteiger partial charge < -0.3 is 21.1 Å². The zero-order valence-corrected chi connectivity index (χ0v) is 15.0. The Morgan fingerprint density at radius 2 is 2.08 bits per heavy atom. The maximum atomic E-state index is 12.4. The van der Waals surface area contributed by atoms with E-state index in [1.807, 2.05) is 6.92 Å². The SMILES string of the molecule is CCCCCP(=O)(O)CC(C(=O)OC)c1cccc(N=C(N)N)c1. The van der Waals surface area contributed by atoms with E-state index in [0.717, 1.165) is 12.8 Å². The minimum atomic E-state index is -3.44. The number of nitrogens with zero attached hydrogens (tertiary/aromatic N) is 1. The number of carbonyl (C=O) groups excluding carboxylic acids is 1. The van der Waals surface area contributed by atoms with Crippen LogP contribution in [0, 0.1) is 0 Å². The van der Waals surface area contributed by atoms with Gasteiger partial charge in [-0.3, -0.25) is 9.36 Å². The Kier molecular flexibility index (Phi) is 7.95. The highest BCUT2D eigenvalue weighted by molar-refractivity contribution is 7.58. The lowest BCUT2D eigenvalue weighted by atomic mass is 10.0. The second kappa shape index (κ2) is 9.45. The number of esters is 1. The molecule has 8 heteroatoms. The average molecular weight is 355 g/mol. The Labute approximate surface area is 142 Å². The molecule has 0 spiro atoms. The lowest BCUT2D eigenvalue weighted by Gasteiger charge is -2.19. The number of hydrogen-bond acceptors (Lipinski definition) is 4. The van der Waals surface area contributed by atoms with Crippen LogP contribution in [0.25, 0.3) is 0 Å². The maximum absolute atomic E-state index is 12.4. The van der Waals surface area contributed by atoms with Gasteiger partial charge in [-0.05, 0) is 24.1 Å². The van der Waals surface area contributed by atoms with E-state index in [-0.39, 0.29) is 18.3 Å². The minimum absolute atomic E-state index is 0.103. The quantitative estimate of drug-likeness (QED) is 0.205. The van der Waals surface area contributed by atoms with Crippen LogP contribution >= 0.6 is 7.37 Å². The first-order chi connectivity index (χ1) is 11.3. The Morgan fingerprint density at radius 3 is 2.67 bits per heavy atom. The molecular weight excluding hydrogens is 329 g/mol. The predicted octanol–water partition coefficient (Wildman–Crippen LogP) is 2.31. The van der Waals surface area contributed by atoms with Crippen molar-refractivity contribution in [2.45, 2.75) is 32.1 Å². The summed E-state index contributed by atoms with van der Waals surface area (Å²) in [4.78, 5) is 26.3. The summed E-state index contributed by atoms with van der Waals surface area (Å²) in [6, 6.07) is 6.68. The first kappa shape index (κ1) is 20.2. The highest BCUT2D eigenvalue weighted by Crippen LogP contribution is 2.46. The molecule has 24 heavy (non-hydrogen) atoms. The molecule has 7 nitrogen and oxygen atoms in total. The number of carbonyl (C=O) groups is 1. The van der Waals surface area contributed by atoms with Crippen molar-refractivity contribution >= 4 is 25.0 Å². The van der Waals surface area contributed by atoms with E-state index >= 15 is 0 Å². The van der Waals surface area contributed by atoms with Crippen LogP contribution in [0.1, 0.15) is 37.7 Å². The molecule has 0 saturated heterocycles. The molecule has 0 heterocycles. The van der Waals surface area contributed by atoms with Crippen molar-refractivity contribution in [2.24, 2.45) is 16.5 Å². The first-order valence-electron chi connectivity index (χ1n) is 7.87. The summed E-state index contributed by atoms with van der Waals surface area (Å²) in [6.45, 7) is 2.02. The first-order valence-corrected chi connectivity index (χ1v) is 9.90. The predicted molar refractivity (Wildman–Crippen MR) is 95.8 cm³/mol. The number of methoxy groups -OCH3 is 1. The molecule has 0 bridgehead atoms. The number of aliphatic imine (C=N–C) groups is 1. The Bertz CT molecular complexity index is 630. The van der Waals surface area contributed by atoms with Crippen LogP contribution < -0.4 is 11.5 Å². The number of hydrogen-bond donors (Lipinski definition) is 3. The molecule has 1 aromatic carbocycles. The molecule has 1 aromatic rings.